The highest BCUT2D eigenvalue weighted by molar-refractivity contribution is 7.23. The van der Waals surface area contributed by atoms with Gasteiger partial charge >= 0.3 is 0 Å². The van der Waals surface area contributed by atoms with Gasteiger partial charge in [-0.25, -0.2) is 0 Å². The van der Waals surface area contributed by atoms with Gasteiger partial charge in [0.15, 0.2) is 0 Å². The second kappa shape index (κ2) is 2.60. The molecule has 1 nitrogen and oxygen atoms in total. The first-order valence-corrected chi connectivity index (χ1v) is 5.19. The summed E-state index contributed by atoms with van der Waals surface area (Å²) in [5.74, 6) is 0. The molecule has 0 spiro atoms. The van der Waals surface area contributed by atoms with Crippen LogP contribution in [0.1, 0.15) is 5.56 Å². The molecule has 3 rings (SSSR count). The van der Waals surface area contributed by atoms with Crippen molar-refractivity contribution in [2.24, 2.45) is 0 Å². The summed E-state index contributed by atoms with van der Waals surface area (Å²) < 4.78 is 1.37. The summed E-state index contributed by atoms with van der Waals surface area (Å²) >= 11 is 1.84. The normalized spacial score (nSPS) is 14.2. The van der Waals surface area contributed by atoms with E-state index in [-0.39, 0.29) is 0 Å². The van der Waals surface area contributed by atoms with Crippen LogP contribution in [-0.2, 0) is 0 Å². The molecular weight excluding hydrogens is 178 g/mol. The smallest absolute Gasteiger partial charge is 0.0971 e. The fourth-order valence-corrected chi connectivity index (χ4v) is 2.79. The first kappa shape index (κ1) is 7.15. The number of anilines is 1. The van der Waals surface area contributed by atoms with Gasteiger partial charge in [0.25, 0.3) is 0 Å². The summed E-state index contributed by atoms with van der Waals surface area (Å²) in [6, 6.07) is 8.54. The van der Waals surface area contributed by atoms with E-state index < -0.39 is 0 Å². The average molecular weight is 187 g/mol. The summed E-state index contributed by atoms with van der Waals surface area (Å²) in [4.78, 5) is 0. The van der Waals surface area contributed by atoms with Crippen LogP contribution in [0.5, 0.6) is 0 Å². The Bertz CT molecular complexity index is 482. The number of hydrogen-bond donors (Lipinski definition) is 1. The molecule has 1 aromatic heterocycles. The lowest BCUT2D eigenvalue weighted by atomic mass is 10.1. The van der Waals surface area contributed by atoms with Gasteiger partial charge in [0.05, 0.1) is 5.00 Å². The highest BCUT2D eigenvalue weighted by Gasteiger charge is 2.10. The monoisotopic (exact) mass is 187 g/mol. The molecule has 0 fully saturated rings. The molecule has 1 aliphatic heterocycles. The van der Waals surface area contributed by atoms with Gasteiger partial charge in [0.1, 0.15) is 0 Å². The van der Waals surface area contributed by atoms with Crippen molar-refractivity contribution in [2.45, 2.75) is 0 Å². The lowest BCUT2D eigenvalue weighted by molar-refractivity contribution is 1.35. The van der Waals surface area contributed by atoms with Crippen LogP contribution in [0.25, 0.3) is 16.2 Å². The second-order valence-corrected chi connectivity index (χ2v) is 4.18. The van der Waals surface area contributed by atoms with Crippen molar-refractivity contribution in [3.05, 3.63) is 35.9 Å². The summed E-state index contributed by atoms with van der Waals surface area (Å²) in [6.07, 6.45) is 4.38. The quantitative estimate of drug-likeness (QED) is 0.667. The van der Waals surface area contributed by atoms with Gasteiger partial charge in [-0.15, -0.1) is 11.3 Å². The third-order valence-corrected chi connectivity index (χ3v) is 3.44. The number of fused-ring (bicyclic) bond motifs is 3. The van der Waals surface area contributed by atoms with Crippen molar-refractivity contribution in [2.75, 3.05) is 11.9 Å². The number of nitrogens with one attached hydrogen (secondary N) is 1. The topological polar surface area (TPSA) is 12.0 Å². The van der Waals surface area contributed by atoms with Gasteiger partial charge < -0.3 is 5.32 Å². The second-order valence-electron chi connectivity index (χ2n) is 3.12. The van der Waals surface area contributed by atoms with Crippen LogP contribution in [0.2, 0.25) is 0 Å². The van der Waals surface area contributed by atoms with Crippen molar-refractivity contribution >= 4 is 32.5 Å². The third-order valence-electron chi connectivity index (χ3n) is 2.30. The van der Waals surface area contributed by atoms with Crippen molar-refractivity contribution in [3.8, 4) is 0 Å². The Labute approximate surface area is 80.7 Å². The Balaban J connectivity index is 2.42. The number of hydrogen-bond acceptors (Lipinski definition) is 2. The van der Waals surface area contributed by atoms with Crippen molar-refractivity contribution < 1.29 is 0 Å². The lowest BCUT2D eigenvalue weighted by Gasteiger charge is -2.06. The molecule has 0 radical (unpaired) electrons. The van der Waals surface area contributed by atoms with E-state index in [2.05, 4.69) is 41.7 Å². The van der Waals surface area contributed by atoms with Gasteiger partial charge in [-0.2, -0.15) is 0 Å². The average Bonchev–Trinajstić information content (AvgIpc) is 2.56. The van der Waals surface area contributed by atoms with E-state index in [4.69, 9.17) is 0 Å². The molecule has 1 N–H and O–H groups in total. The molecule has 0 aliphatic carbocycles. The van der Waals surface area contributed by atoms with E-state index in [1.807, 2.05) is 11.3 Å². The largest absolute Gasteiger partial charge is 0.373 e. The molecule has 2 heteroatoms. The summed E-state index contributed by atoms with van der Waals surface area (Å²) in [5.41, 5.74) is 1.35. The zero-order valence-electron chi connectivity index (χ0n) is 7.08. The van der Waals surface area contributed by atoms with Crippen LogP contribution in [0, 0.1) is 0 Å². The van der Waals surface area contributed by atoms with Crippen molar-refractivity contribution in [1.82, 2.24) is 0 Å². The SMILES string of the molecule is C1=Cc2c(sc3ccccc23)NC1. The van der Waals surface area contributed by atoms with Crippen LogP contribution in [0.15, 0.2) is 30.3 Å². The summed E-state index contributed by atoms with van der Waals surface area (Å²) in [5, 5.41) is 6.06. The summed E-state index contributed by atoms with van der Waals surface area (Å²) in [6.45, 7) is 0.958. The first-order chi connectivity index (χ1) is 6.45. The van der Waals surface area contributed by atoms with E-state index in [1.54, 1.807) is 0 Å². The Morgan fingerprint density at radius 1 is 1.23 bits per heavy atom. The fourth-order valence-electron chi connectivity index (χ4n) is 1.69. The Kier molecular flexibility index (Phi) is 1.43. The molecule has 0 unspecified atom stereocenters. The minimum Gasteiger partial charge on any atom is -0.373 e. The fraction of sp³-hybridized carbons (Fsp3) is 0.0909. The summed E-state index contributed by atoms with van der Waals surface area (Å²) in [7, 11) is 0. The molecule has 0 saturated carbocycles. The molecule has 64 valence electrons. The molecule has 2 heterocycles. The van der Waals surface area contributed by atoms with Crippen LogP contribution in [0.3, 0.4) is 0 Å². The molecule has 0 saturated heterocycles. The van der Waals surface area contributed by atoms with Crippen LogP contribution < -0.4 is 5.32 Å². The van der Waals surface area contributed by atoms with Gasteiger partial charge in [-0.05, 0) is 6.07 Å². The minimum atomic E-state index is 0.958. The minimum absolute atomic E-state index is 0.958. The molecule has 1 aliphatic rings. The molecule has 0 amide bonds. The lowest BCUT2D eigenvalue weighted by Crippen LogP contribution is -2.00. The van der Waals surface area contributed by atoms with E-state index in [9.17, 15) is 0 Å². The highest BCUT2D eigenvalue weighted by Crippen LogP contribution is 2.37. The van der Waals surface area contributed by atoms with Crippen molar-refractivity contribution in [1.29, 1.82) is 0 Å². The number of benzene rings is 1. The first-order valence-electron chi connectivity index (χ1n) is 4.37. The third kappa shape index (κ3) is 0.988. The maximum Gasteiger partial charge on any atom is 0.0971 e. The predicted molar refractivity (Wildman–Crippen MR) is 59.3 cm³/mol. The Morgan fingerprint density at radius 3 is 3.15 bits per heavy atom. The highest BCUT2D eigenvalue weighted by atomic mass is 32.1. The van der Waals surface area contributed by atoms with E-state index in [0.29, 0.717) is 0 Å². The standard InChI is InChI=1S/C11H9NS/c1-2-6-10-8(4-1)9-5-3-7-12-11(9)13-10/h1-6,12H,7H2. The van der Waals surface area contributed by atoms with E-state index >= 15 is 0 Å². The zero-order chi connectivity index (χ0) is 8.67. The molecular formula is C11H9NS. The van der Waals surface area contributed by atoms with Crippen molar-refractivity contribution in [3.63, 3.8) is 0 Å². The van der Waals surface area contributed by atoms with E-state index in [1.165, 1.54) is 20.7 Å². The number of thiophene rings is 1. The van der Waals surface area contributed by atoms with Crippen LogP contribution >= 0.6 is 11.3 Å². The van der Waals surface area contributed by atoms with Gasteiger partial charge in [-0.1, -0.05) is 30.4 Å². The molecule has 0 bridgehead atoms. The zero-order valence-corrected chi connectivity index (χ0v) is 7.90. The Morgan fingerprint density at radius 2 is 2.15 bits per heavy atom. The van der Waals surface area contributed by atoms with E-state index in [0.717, 1.165) is 6.54 Å². The van der Waals surface area contributed by atoms with Crippen LogP contribution in [0.4, 0.5) is 5.00 Å². The maximum absolute atomic E-state index is 3.38. The number of rotatable bonds is 0. The maximum atomic E-state index is 3.38. The molecule has 0 atom stereocenters. The predicted octanol–water partition coefficient (Wildman–Crippen LogP) is 3.34. The van der Waals surface area contributed by atoms with Crippen LogP contribution in [-0.4, -0.2) is 6.54 Å². The molecule has 2 aromatic rings. The van der Waals surface area contributed by atoms with Gasteiger partial charge in [0.2, 0.25) is 0 Å². The Hall–Kier alpha value is -1.28. The molecule has 13 heavy (non-hydrogen) atoms. The van der Waals surface area contributed by atoms with Gasteiger partial charge in [-0.3, -0.25) is 0 Å². The van der Waals surface area contributed by atoms with Gasteiger partial charge in [0, 0.05) is 22.2 Å². The molecule has 1 aromatic carbocycles.